The number of alkyl halides is 1. The number of hydrogen-bond acceptors (Lipinski definition) is 2. The van der Waals surface area contributed by atoms with Gasteiger partial charge in [-0.2, -0.15) is 0 Å². The van der Waals surface area contributed by atoms with Gasteiger partial charge in [0.15, 0.2) is 0 Å². The van der Waals surface area contributed by atoms with Crippen molar-refractivity contribution in [1.29, 1.82) is 0 Å². The van der Waals surface area contributed by atoms with Crippen molar-refractivity contribution in [2.24, 2.45) is 0 Å². The van der Waals surface area contributed by atoms with Crippen LogP contribution in [0.2, 0.25) is 0 Å². The molecule has 0 saturated heterocycles. The lowest BCUT2D eigenvalue weighted by atomic mass is 10.1. The van der Waals surface area contributed by atoms with Crippen LogP contribution in [-0.4, -0.2) is 16.5 Å². The number of para-hydroxylation sites is 1. The molecule has 0 amide bonds. The number of carbonyl (C=O) groups is 1. The Balaban J connectivity index is 2.94. The van der Waals surface area contributed by atoms with Gasteiger partial charge < -0.3 is 10.4 Å². The molecule has 0 spiro atoms. The van der Waals surface area contributed by atoms with Crippen LogP contribution in [-0.2, 0) is 0 Å². The minimum atomic E-state index is -0.979. The highest BCUT2D eigenvalue weighted by atomic mass is 35.5. The zero-order valence-electron chi connectivity index (χ0n) is 8.33. The Morgan fingerprint density at radius 2 is 2.13 bits per heavy atom. The number of benzene rings is 1. The lowest BCUT2D eigenvalue weighted by Gasteiger charge is -2.13. The predicted molar refractivity (Wildman–Crippen MR) is 61.5 cm³/mol. The molecule has 0 aliphatic heterocycles. The van der Waals surface area contributed by atoms with E-state index in [1.54, 1.807) is 25.1 Å². The van der Waals surface area contributed by atoms with Crippen molar-refractivity contribution in [2.75, 3.05) is 5.32 Å². The van der Waals surface area contributed by atoms with E-state index in [1.807, 2.05) is 0 Å². The third kappa shape index (κ3) is 2.99. The second-order valence-corrected chi connectivity index (χ2v) is 3.77. The molecular formula is C11H12ClNO2. The number of carboxylic acids is 1. The van der Waals surface area contributed by atoms with Gasteiger partial charge in [-0.15, -0.1) is 11.6 Å². The fraction of sp³-hybridized carbons (Fsp3) is 0.182. The number of allylic oxidation sites excluding steroid dienone is 1. The zero-order valence-corrected chi connectivity index (χ0v) is 9.08. The van der Waals surface area contributed by atoms with Gasteiger partial charge in [-0.25, -0.2) is 4.79 Å². The smallest absolute Gasteiger partial charge is 0.337 e. The molecule has 2 N–H and O–H groups in total. The molecule has 3 nitrogen and oxygen atoms in total. The second kappa shape index (κ2) is 4.84. The highest BCUT2D eigenvalue weighted by Crippen LogP contribution is 2.18. The standard InChI is InChI=1S/C11H12ClNO2/c1-7(12)8(2)13-10-6-4-3-5-9(10)11(14)15/h3-7,13H,2H2,1H3,(H,14,15). The van der Waals surface area contributed by atoms with Gasteiger partial charge in [-0.1, -0.05) is 18.7 Å². The van der Waals surface area contributed by atoms with Gasteiger partial charge in [0.2, 0.25) is 0 Å². The highest BCUT2D eigenvalue weighted by Gasteiger charge is 2.10. The van der Waals surface area contributed by atoms with Crippen molar-refractivity contribution in [3.63, 3.8) is 0 Å². The molecule has 0 bridgehead atoms. The maximum Gasteiger partial charge on any atom is 0.337 e. The first-order valence-electron chi connectivity index (χ1n) is 4.44. The molecule has 1 aromatic carbocycles. The predicted octanol–water partition coefficient (Wildman–Crippen LogP) is 2.94. The summed E-state index contributed by atoms with van der Waals surface area (Å²) in [4.78, 5) is 10.9. The monoisotopic (exact) mass is 225 g/mol. The van der Waals surface area contributed by atoms with Gasteiger partial charge in [-0.05, 0) is 19.1 Å². The van der Waals surface area contributed by atoms with Crippen molar-refractivity contribution in [3.05, 3.63) is 42.1 Å². The molecule has 0 radical (unpaired) electrons. The van der Waals surface area contributed by atoms with Crippen molar-refractivity contribution in [3.8, 4) is 0 Å². The number of anilines is 1. The van der Waals surface area contributed by atoms with E-state index < -0.39 is 5.97 Å². The largest absolute Gasteiger partial charge is 0.478 e. The van der Waals surface area contributed by atoms with Crippen LogP contribution in [0.15, 0.2) is 36.5 Å². The average molecular weight is 226 g/mol. The molecule has 0 saturated carbocycles. The Kier molecular flexibility index (Phi) is 3.74. The third-order valence-electron chi connectivity index (χ3n) is 1.93. The van der Waals surface area contributed by atoms with Gasteiger partial charge in [0.25, 0.3) is 0 Å². The van der Waals surface area contributed by atoms with Crippen LogP contribution < -0.4 is 5.32 Å². The maximum absolute atomic E-state index is 10.9. The summed E-state index contributed by atoms with van der Waals surface area (Å²) in [6.45, 7) is 5.48. The number of halogens is 1. The highest BCUT2D eigenvalue weighted by molar-refractivity contribution is 6.22. The van der Waals surface area contributed by atoms with E-state index in [1.165, 1.54) is 6.07 Å². The normalized spacial score (nSPS) is 11.9. The summed E-state index contributed by atoms with van der Waals surface area (Å²) in [6, 6.07) is 6.62. The Morgan fingerprint density at radius 3 is 2.67 bits per heavy atom. The minimum Gasteiger partial charge on any atom is -0.478 e. The Hall–Kier alpha value is -1.48. The molecule has 15 heavy (non-hydrogen) atoms. The van der Waals surface area contributed by atoms with Crippen LogP contribution in [0.25, 0.3) is 0 Å². The summed E-state index contributed by atoms with van der Waals surface area (Å²) in [5, 5.41) is 11.5. The Morgan fingerprint density at radius 1 is 1.53 bits per heavy atom. The molecule has 1 aromatic rings. The number of nitrogens with one attached hydrogen (secondary N) is 1. The molecule has 0 aliphatic carbocycles. The van der Waals surface area contributed by atoms with Crippen LogP contribution in [0, 0.1) is 0 Å². The van der Waals surface area contributed by atoms with Crippen molar-refractivity contribution in [2.45, 2.75) is 12.3 Å². The van der Waals surface area contributed by atoms with Crippen LogP contribution in [0.4, 0.5) is 5.69 Å². The third-order valence-corrected chi connectivity index (χ3v) is 2.20. The topological polar surface area (TPSA) is 49.3 Å². The quantitative estimate of drug-likeness (QED) is 0.775. The van der Waals surface area contributed by atoms with E-state index in [4.69, 9.17) is 16.7 Å². The Bertz CT molecular complexity index is 388. The molecule has 0 aliphatic rings. The summed E-state index contributed by atoms with van der Waals surface area (Å²) < 4.78 is 0. The van der Waals surface area contributed by atoms with E-state index in [-0.39, 0.29) is 10.9 Å². The molecule has 1 atom stereocenters. The number of rotatable bonds is 4. The zero-order chi connectivity index (χ0) is 11.4. The van der Waals surface area contributed by atoms with E-state index in [0.29, 0.717) is 11.4 Å². The fourth-order valence-electron chi connectivity index (χ4n) is 1.05. The first kappa shape index (κ1) is 11.6. The van der Waals surface area contributed by atoms with Crippen molar-refractivity contribution >= 4 is 23.3 Å². The van der Waals surface area contributed by atoms with Crippen LogP contribution in [0.3, 0.4) is 0 Å². The number of aromatic carboxylic acids is 1. The second-order valence-electron chi connectivity index (χ2n) is 3.12. The SMILES string of the molecule is C=C(Nc1ccccc1C(=O)O)C(C)Cl. The molecule has 0 fully saturated rings. The molecule has 80 valence electrons. The van der Waals surface area contributed by atoms with E-state index in [2.05, 4.69) is 11.9 Å². The van der Waals surface area contributed by atoms with Crippen LogP contribution in [0.1, 0.15) is 17.3 Å². The molecular weight excluding hydrogens is 214 g/mol. The summed E-state index contributed by atoms with van der Waals surface area (Å²) >= 11 is 5.80. The van der Waals surface area contributed by atoms with Gasteiger partial charge >= 0.3 is 5.97 Å². The fourth-order valence-corrected chi connectivity index (χ4v) is 1.11. The van der Waals surface area contributed by atoms with Crippen LogP contribution >= 0.6 is 11.6 Å². The molecule has 1 unspecified atom stereocenters. The van der Waals surface area contributed by atoms with Crippen molar-refractivity contribution < 1.29 is 9.90 Å². The van der Waals surface area contributed by atoms with E-state index >= 15 is 0 Å². The Labute approximate surface area is 93.4 Å². The van der Waals surface area contributed by atoms with E-state index in [0.717, 1.165) is 0 Å². The molecule has 0 heterocycles. The lowest BCUT2D eigenvalue weighted by Crippen LogP contribution is -2.10. The summed E-state index contributed by atoms with van der Waals surface area (Å²) in [5.41, 5.74) is 1.28. The van der Waals surface area contributed by atoms with Gasteiger partial charge in [-0.3, -0.25) is 0 Å². The summed E-state index contributed by atoms with van der Waals surface area (Å²) in [7, 11) is 0. The van der Waals surface area contributed by atoms with Gasteiger partial charge in [0.05, 0.1) is 16.6 Å². The van der Waals surface area contributed by atoms with Crippen LogP contribution in [0.5, 0.6) is 0 Å². The summed E-state index contributed by atoms with van der Waals surface area (Å²) in [6.07, 6.45) is 0. The molecule has 4 heteroatoms. The maximum atomic E-state index is 10.9. The summed E-state index contributed by atoms with van der Waals surface area (Å²) in [5.74, 6) is -0.979. The molecule has 1 rings (SSSR count). The first-order chi connectivity index (χ1) is 7.02. The van der Waals surface area contributed by atoms with Gasteiger partial charge in [0, 0.05) is 5.70 Å². The number of hydrogen-bond donors (Lipinski definition) is 2. The number of carboxylic acid groups (broad SMARTS) is 1. The average Bonchev–Trinajstić information content (AvgIpc) is 2.18. The minimum absolute atomic E-state index is 0.205. The van der Waals surface area contributed by atoms with E-state index in [9.17, 15) is 4.79 Å². The first-order valence-corrected chi connectivity index (χ1v) is 4.88. The lowest BCUT2D eigenvalue weighted by molar-refractivity contribution is 0.0698. The van der Waals surface area contributed by atoms with Crippen molar-refractivity contribution in [1.82, 2.24) is 0 Å². The van der Waals surface area contributed by atoms with Gasteiger partial charge in [0.1, 0.15) is 0 Å². The molecule has 0 aromatic heterocycles.